The molecule has 0 atom stereocenters. The minimum Gasteiger partial charge on any atom is -0.444 e. The molecule has 7 heteroatoms. The summed E-state index contributed by atoms with van der Waals surface area (Å²) in [6.07, 6.45) is 1.80. The maximum absolute atomic E-state index is 12.2. The second-order valence-electron chi connectivity index (χ2n) is 8.32. The Morgan fingerprint density at radius 2 is 1.86 bits per heavy atom. The third-order valence-electron chi connectivity index (χ3n) is 4.80. The Kier molecular flexibility index (Phi) is 6.65. The smallest absolute Gasteiger partial charge is 0.410 e. The zero-order valence-corrected chi connectivity index (χ0v) is 18.0. The van der Waals surface area contributed by atoms with Crippen LogP contribution in [0.3, 0.4) is 0 Å². The number of amides is 1. The van der Waals surface area contributed by atoms with E-state index in [0.717, 1.165) is 49.2 Å². The highest BCUT2D eigenvalue weighted by Crippen LogP contribution is 2.27. The molecule has 0 unspecified atom stereocenters. The molecule has 0 N–H and O–H groups in total. The fourth-order valence-corrected chi connectivity index (χ4v) is 4.39. The van der Waals surface area contributed by atoms with Crippen LogP contribution in [0.4, 0.5) is 4.79 Å². The van der Waals surface area contributed by atoms with Crippen LogP contribution < -0.4 is 0 Å². The van der Waals surface area contributed by atoms with Gasteiger partial charge in [0.25, 0.3) is 0 Å². The lowest BCUT2D eigenvalue weighted by atomic mass is 9.99. The van der Waals surface area contributed by atoms with Gasteiger partial charge in [-0.05, 0) is 52.0 Å². The van der Waals surface area contributed by atoms with E-state index in [0.29, 0.717) is 5.92 Å². The lowest BCUT2D eigenvalue weighted by Crippen LogP contribution is -2.42. The molecule has 1 aliphatic heterocycles. The second kappa shape index (κ2) is 8.99. The number of carbonyl (C=O) groups is 1. The molecule has 1 fully saturated rings. The maximum atomic E-state index is 12.2. The molecule has 1 amide bonds. The molecule has 2 heterocycles. The Hall–Kier alpha value is -2.02. The molecule has 0 spiro atoms. The fourth-order valence-electron chi connectivity index (χ4n) is 3.22. The van der Waals surface area contributed by atoms with E-state index in [1.54, 1.807) is 11.8 Å². The number of likely N-dealkylation sites (tertiary alicyclic amines) is 1. The average molecular weight is 403 g/mol. The molecule has 1 aliphatic rings. The third kappa shape index (κ3) is 5.74. The number of ether oxygens (including phenoxy) is 1. The first-order chi connectivity index (χ1) is 13.3. The molecule has 1 aromatic heterocycles. The standard InChI is InChI=1S/C21H30N4O2S/c1-16-22-23-19(25(16)14-17-8-6-5-7-9-17)28-15-18-10-12-24(13-11-18)20(26)27-21(2,3)4/h5-9,18H,10-15H2,1-4H3. The van der Waals surface area contributed by atoms with Crippen molar-refractivity contribution in [2.24, 2.45) is 5.92 Å². The Labute approximate surface area is 171 Å². The van der Waals surface area contributed by atoms with Gasteiger partial charge in [0.15, 0.2) is 5.16 Å². The van der Waals surface area contributed by atoms with Gasteiger partial charge in [0.2, 0.25) is 0 Å². The van der Waals surface area contributed by atoms with E-state index in [9.17, 15) is 4.79 Å². The van der Waals surface area contributed by atoms with Crippen LogP contribution >= 0.6 is 11.8 Å². The summed E-state index contributed by atoms with van der Waals surface area (Å²) in [5.41, 5.74) is 0.808. The number of nitrogens with zero attached hydrogens (tertiary/aromatic N) is 4. The number of hydrogen-bond acceptors (Lipinski definition) is 5. The highest BCUT2D eigenvalue weighted by molar-refractivity contribution is 7.99. The van der Waals surface area contributed by atoms with Crippen molar-refractivity contribution in [3.05, 3.63) is 41.7 Å². The van der Waals surface area contributed by atoms with E-state index in [-0.39, 0.29) is 6.09 Å². The Morgan fingerprint density at radius 3 is 2.50 bits per heavy atom. The Morgan fingerprint density at radius 1 is 1.18 bits per heavy atom. The van der Waals surface area contributed by atoms with Gasteiger partial charge in [0, 0.05) is 18.8 Å². The summed E-state index contributed by atoms with van der Waals surface area (Å²) in [6.45, 7) is 10.0. The number of hydrogen-bond donors (Lipinski definition) is 0. The zero-order valence-electron chi connectivity index (χ0n) is 17.2. The largest absolute Gasteiger partial charge is 0.444 e. The molecular weight excluding hydrogens is 372 g/mol. The van der Waals surface area contributed by atoms with Gasteiger partial charge in [-0.25, -0.2) is 4.79 Å². The summed E-state index contributed by atoms with van der Waals surface area (Å²) in [6, 6.07) is 10.4. The van der Waals surface area contributed by atoms with Crippen LogP contribution in [0.15, 0.2) is 35.5 Å². The van der Waals surface area contributed by atoms with Crippen LogP contribution in [0.25, 0.3) is 0 Å². The summed E-state index contributed by atoms with van der Waals surface area (Å²) in [7, 11) is 0. The van der Waals surface area contributed by atoms with Gasteiger partial charge in [-0.2, -0.15) is 0 Å². The minimum atomic E-state index is -0.440. The first kappa shape index (κ1) is 20.7. The van der Waals surface area contributed by atoms with E-state index in [1.165, 1.54) is 5.56 Å². The zero-order chi connectivity index (χ0) is 20.1. The van der Waals surface area contributed by atoms with Crippen molar-refractivity contribution in [1.29, 1.82) is 0 Å². The molecule has 3 rings (SSSR count). The summed E-state index contributed by atoms with van der Waals surface area (Å²) in [4.78, 5) is 14.0. The van der Waals surface area contributed by atoms with E-state index in [4.69, 9.17) is 4.74 Å². The van der Waals surface area contributed by atoms with E-state index < -0.39 is 5.60 Å². The van der Waals surface area contributed by atoms with Crippen LogP contribution in [0.2, 0.25) is 0 Å². The molecule has 1 aromatic carbocycles. The molecule has 28 heavy (non-hydrogen) atoms. The van der Waals surface area contributed by atoms with Crippen LogP contribution in [-0.2, 0) is 11.3 Å². The Balaban J connectivity index is 1.50. The van der Waals surface area contributed by atoms with Crippen molar-refractivity contribution in [2.75, 3.05) is 18.8 Å². The topological polar surface area (TPSA) is 60.3 Å². The molecule has 6 nitrogen and oxygen atoms in total. The molecular formula is C21H30N4O2S. The summed E-state index contributed by atoms with van der Waals surface area (Å²) in [5, 5.41) is 9.61. The van der Waals surface area contributed by atoms with Crippen molar-refractivity contribution in [3.63, 3.8) is 0 Å². The number of aryl methyl sites for hydroxylation is 1. The minimum absolute atomic E-state index is 0.197. The number of piperidine rings is 1. The number of rotatable bonds is 5. The first-order valence-electron chi connectivity index (χ1n) is 9.86. The van der Waals surface area contributed by atoms with E-state index in [2.05, 4.69) is 39.0 Å². The quantitative estimate of drug-likeness (QED) is 0.695. The predicted molar refractivity (Wildman–Crippen MR) is 112 cm³/mol. The Bertz CT molecular complexity index is 777. The van der Waals surface area contributed by atoms with Gasteiger partial charge in [0.05, 0.1) is 6.54 Å². The normalized spacial score (nSPS) is 15.6. The van der Waals surface area contributed by atoms with E-state index >= 15 is 0 Å². The number of carbonyl (C=O) groups excluding carboxylic acids is 1. The number of benzene rings is 1. The highest BCUT2D eigenvalue weighted by atomic mass is 32.2. The molecule has 0 aliphatic carbocycles. The van der Waals surface area contributed by atoms with Gasteiger partial charge < -0.3 is 14.2 Å². The molecule has 0 radical (unpaired) electrons. The molecule has 0 bridgehead atoms. The van der Waals surface area contributed by atoms with Gasteiger partial charge in [-0.1, -0.05) is 42.1 Å². The average Bonchev–Trinajstić information content (AvgIpc) is 3.00. The molecule has 152 valence electrons. The van der Waals surface area contributed by atoms with Crippen molar-refractivity contribution < 1.29 is 9.53 Å². The third-order valence-corrected chi connectivity index (χ3v) is 6.00. The van der Waals surface area contributed by atoms with Gasteiger partial charge in [0.1, 0.15) is 11.4 Å². The van der Waals surface area contributed by atoms with Gasteiger partial charge in [-0.15, -0.1) is 10.2 Å². The van der Waals surface area contributed by atoms with Gasteiger partial charge >= 0.3 is 6.09 Å². The van der Waals surface area contributed by atoms with Crippen LogP contribution in [0, 0.1) is 12.8 Å². The summed E-state index contributed by atoms with van der Waals surface area (Å²) in [5.74, 6) is 2.51. The van der Waals surface area contributed by atoms with Crippen molar-refractivity contribution in [1.82, 2.24) is 19.7 Å². The highest BCUT2D eigenvalue weighted by Gasteiger charge is 2.27. The van der Waals surface area contributed by atoms with Crippen molar-refractivity contribution in [2.45, 2.75) is 57.8 Å². The van der Waals surface area contributed by atoms with Crippen LogP contribution in [0.1, 0.15) is 45.0 Å². The predicted octanol–water partition coefficient (Wildman–Crippen LogP) is 4.37. The lowest BCUT2D eigenvalue weighted by molar-refractivity contribution is 0.0191. The maximum Gasteiger partial charge on any atom is 0.410 e. The van der Waals surface area contributed by atoms with E-state index in [1.807, 2.05) is 38.7 Å². The first-order valence-corrected chi connectivity index (χ1v) is 10.8. The summed E-state index contributed by atoms with van der Waals surface area (Å²) >= 11 is 1.77. The monoisotopic (exact) mass is 402 g/mol. The number of aromatic nitrogens is 3. The lowest BCUT2D eigenvalue weighted by Gasteiger charge is -2.33. The van der Waals surface area contributed by atoms with Crippen LogP contribution in [0.5, 0.6) is 0 Å². The number of thioether (sulfide) groups is 1. The van der Waals surface area contributed by atoms with Crippen LogP contribution in [-0.4, -0.2) is 50.2 Å². The molecule has 0 saturated carbocycles. The second-order valence-corrected chi connectivity index (χ2v) is 9.31. The SMILES string of the molecule is Cc1nnc(SCC2CCN(C(=O)OC(C)(C)C)CC2)n1Cc1ccccc1. The molecule has 2 aromatic rings. The van der Waals surface area contributed by atoms with Crippen molar-refractivity contribution >= 4 is 17.9 Å². The summed E-state index contributed by atoms with van der Waals surface area (Å²) < 4.78 is 7.65. The van der Waals surface area contributed by atoms with Gasteiger partial charge in [-0.3, -0.25) is 0 Å². The van der Waals surface area contributed by atoms with Crippen molar-refractivity contribution in [3.8, 4) is 0 Å². The fraction of sp³-hybridized carbons (Fsp3) is 0.571. The molecule has 1 saturated heterocycles.